The summed E-state index contributed by atoms with van der Waals surface area (Å²) in [5.74, 6) is -0.500. The van der Waals surface area contributed by atoms with E-state index in [1.165, 1.54) is 212 Å². The van der Waals surface area contributed by atoms with E-state index in [1.807, 2.05) is 33.3 Å². The predicted octanol–water partition coefficient (Wildman–Crippen LogP) is 20.5. The molecule has 0 fully saturated rings. The van der Waals surface area contributed by atoms with Gasteiger partial charge in [-0.3, -0.25) is 18.6 Å². The Morgan fingerprint density at radius 3 is 1.22 bits per heavy atom. The fourth-order valence-electron chi connectivity index (χ4n) is 9.61. The third kappa shape index (κ3) is 58.4. The van der Waals surface area contributed by atoms with Gasteiger partial charge < -0.3 is 19.4 Å². The second-order valence-corrected chi connectivity index (χ2v) is 25.1. The molecule has 9 nitrogen and oxygen atoms in total. The Bertz CT molecular complexity index is 1460. The Kier molecular flexibility index (Phi) is 55.7. The van der Waals surface area contributed by atoms with Crippen LogP contribution in [0.15, 0.2) is 48.6 Å². The monoisotopic (exact) mass is 1100 g/mol. The van der Waals surface area contributed by atoms with Crippen LogP contribution in [0.1, 0.15) is 316 Å². The number of esters is 1. The number of nitrogens with one attached hydrogen (secondary N) is 1. The average Bonchev–Trinajstić information content (AvgIpc) is 3.39. The fourth-order valence-corrected chi connectivity index (χ4v) is 10.3. The molecule has 3 atom stereocenters. The quantitative estimate of drug-likeness (QED) is 0.0205. The molecule has 0 aromatic heterocycles. The molecule has 0 spiro atoms. The van der Waals surface area contributed by atoms with E-state index in [0.29, 0.717) is 17.4 Å². The number of unbranched alkanes of at least 4 members (excludes halogenated alkanes) is 38. The fraction of sp³-hybridized carbons (Fsp3) is 0.851. The highest BCUT2D eigenvalue weighted by Crippen LogP contribution is 2.43. The van der Waals surface area contributed by atoms with Crippen LogP contribution in [-0.4, -0.2) is 74.3 Å². The van der Waals surface area contributed by atoms with Crippen LogP contribution in [0.25, 0.3) is 0 Å². The number of ether oxygens (including phenoxy) is 1. The van der Waals surface area contributed by atoms with Crippen molar-refractivity contribution in [1.29, 1.82) is 0 Å². The first kappa shape index (κ1) is 75.0. The van der Waals surface area contributed by atoms with Gasteiger partial charge in [0.1, 0.15) is 19.3 Å². The first-order valence-corrected chi connectivity index (χ1v) is 34.5. The molecular weight excluding hydrogens is 976 g/mol. The zero-order valence-electron chi connectivity index (χ0n) is 51.7. The Morgan fingerprint density at radius 1 is 0.455 bits per heavy atom. The Morgan fingerprint density at radius 2 is 0.792 bits per heavy atom. The van der Waals surface area contributed by atoms with Gasteiger partial charge in [-0.1, -0.05) is 262 Å². The lowest BCUT2D eigenvalue weighted by atomic mass is 10.0. The van der Waals surface area contributed by atoms with E-state index in [4.69, 9.17) is 13.8 Å². The summed E-state index contributed by atoms with van der Waals surface area (Å²) in [6.07, 6.45) is 71.0. The maximum Gasteiger partial charge on any atom is 0.472 e. The van der Waals surface area contributed by atoms with Crippen molar-refractivity contribution in [1.82, 2.24) is 5.32 Å². The van der Waals surface area contributed by atoms with Gasteiger partial charge in [0.25, 0.3) is 0 Å². The third-order valence-corrected chi connectivity index (χ3v) is 15.7. The molecule has 0 rings (SSSR count). The summed E-state index contributed by atoms with van der Waals surface area (Å²) in [6, 6.07) is -0.849. The number of hydrogen-bond acceptors (Lipinski definition) is 6. The third-order valence-electron chi connectivity index (χ3n) is 14.7. The first-order chi connectivity index (χ1) is 37.4. The minimum atomic E-state index is -4.45. The molecule has 0 aromatic carbocycles. The van der Waals surface area contributed by atoms with Gasteiger partial charge in [0.2, 0.25) is 5.91 Å². The molecular formula is C67H128N2O7P+. The number of carbonyl (C=O) groups is 2. The molecule has 3 unspecified atom stereocenters. The molecule has 0 aromatic rings. The summed E-state index contributed by atoms with van der Waals surface area (Å²) in [6.45, 7) is 7.01. The lowest BCUT2D eigenvalue weighted by molar-refractivity contribution is -0.870. The number of likely N-dealkylation sites (N-methyl/N-ethyl adjacent to an activating group) is 1. The minimum Gasteiger partial charge on any atom is -0.456 e. The molecule has 0 aliphatic rings. The largest absolute Gasteiger partial charge is 0.472 e. The summed E-state index contributed by atoms with van der Waals surface area (Å²) in [7, 11) is 1.50. The lowest BCUT2D eigenvalue weighted by Crippen LogP contribution is -2.47. The molecule has 0 bridgehead atoms. The molecule has 0 saturated carbocycles. The molecule has 77 heavy (non-hydrogen) atoms. The molecule has 0 radical (unpaired) electrons. The van der Waals surface area contributed by atoms with Crippen molar-refractivity contribution in [3.05, 3.63) is 48.6 Å². The smallest absolute Gasteiger partial charge is 0.456 e. The van der Waals surface area contributed by atoms with Crippen LogP contribution in [0, 0.1) is 0 Å². The highest BCUT2D eigenvalue weighted by atomic mass is 31.2. The highest BCUT2D eigenvalue weighted by Gasteiger charge is 2.30. The number of phosphoric acid groups is 1. The van der Waals surface area contributed by atoms with E-state index >= 15 is 0 Å². The van der Waals surface area contributed by atoms with Gasteiger partial charge in [-0.05, 0) is 89.5 Å². The van der Waals surface area contributed by atoms with Gasteiger partial charge in [0.15, 0.2) is 0 Å². The summed E-state index contributed by atoms with van der Waals surface area (Å²) in [5, 5.41) is 3.07. The van der Waals surface area contributed by atoms with Gasteiger partial charge in [-0.25, -0.2) is 4.57 Å². The van der Waals surface area contributed by atoms with Crippen molar-refractivity contribution in [3.63, 3.8) is 0 Å². The molecule has 0 saturated heterocycles. The van der Waals surface area contributed by atoms with Crippen LogP contribution in [0.5, 0.6) is 0 Å². The number of amides is 1. The SMILES string of the molecule is CCCCC/C=C\C/C=C\CCCCCCCCCCCCCCCC(=O)NC(COP(=O)(O)OCC[N+](C)(C)C)C(/C=C\CCCCCCCCCCCCC)OC(=O)CCCCCCCCC/C=C\CCCCCC. The summed E-state index contributed by atoms with van der Waals surface area (Å²) in [4.78, 5) is 37.8. The molecule has 1 amide bonds. The first-order valence-electron chi connectivity index (χ1n) is 33.0. The average molecular weight is 1100 g/mol. The van der Waals surface area contributed by atoms with E-state index < -0.39 is 20.0 Å². The molecule has 2 N–H and O–H groups in total. The van der Waals surface area contributed by atoms with Crippen molar-refractivity contribution in [3.8, 4) is 0 Å². The van der Waals surface area contributed by atoms with Gasteiger partial charge in [-0.15, -0.1) is 0 Å². The number of quaternary nitrogens is 1. The zero-order valence-corrected chi connectivity index (χ0v) is 52.6. The normalized spacial score (nSPS) is 13.9. The van der Waals surface area contributed by atoms with Gasteiger partial charge in [0, 0.05) is 12.8 Å². The van der Waals surface area contributed by atoms with Crippen LogP contribution in [0.2, 0.25) is 0 Å². The molecule has 0 aliphatic carbocycles. The van der Waals surface area contributed by atoms with E-state index in [1.54, 1.807) is 0 Å². The van der Waals surface area contributed by atoms with Crippen molar-refractivity contribution >= 4 is 19.7 Å². The van der Waals surface area contributed by atoms with Crippen molar-refractivity contribution in [2.45, 2.75) is 328 Å². The van der Waals surface area contributed by atoms with Crippen LogP contribution in [-0.2, 0) is 27.9 Å². The topological polar surface area (TPSA) is 111 Å². The number of nitrogens with zero attached hydrogens (tertiary/aromatic N) is 1. The maximum absolute atomic E-state index is 13.6. The molecule has 0 aliphatic heterocycles. The standard InChI is InChI=1S/C67H127N2O7P/c1-7-10-13-16-19-22-25-28-30-31-32-33-34-35-36-37-39-41-44-47-50-53-56-59-66(70)68-64(63-75-77(72,73)74-62-61-69(4,5)6)65(58-55-52-49-46-43-40-27-24-21-18-15-12-9-3)76-67(71)60-57-54-51-48-45-42-38-29-26-23-20-17-14-11-8-2/h19,22-23,26,28,30,55,58,64-65H,7-18,20-21,24-25,27,29,31-54,56-57,59-63H2,1-6H3,(H-,68,70,72,73)/p+1/b22-19-,26-23-,30-28-,58-55-. The molecule has 452 valence electrons. The number of rotatable bonds is 60. The highest BCUT2D eigenvalue weighted by molar-refractivity contribution is 7.47. The van der Waals surface area contributed by atoms with Crippen LogP contribution in [0.3, 0.4) is 0 Å². The Labute approximate surface area is 478 Å². The number of allylic oxidation sites excluding steroid dienone is 7. The Balaban J connectivity index is 5.15. The van der Waals surface area contributed by atoms with Crippen LogP contribution in [0.4, 0.5) is 0 Å². The van der Waals surface area contributed by atoms with Crippen molar-refractivity contribution < 1.29 is 37.3 Å². The zero-order chi connectivity index (χ0) is 56.4. The Hall–Kier alpha value is -2.03. The maximum atomic E-state index is 13.6. The lowest BCUT2D eigenvalue weighted by Gasteiger charge is -2.27. The summed E-state index contributed by atoms with van der Waals surface area (Å²) in [5.41, 5.74) is 0. The molecule has 0 heterocycles. The van der Waals surface area contributed by atoms with Crippen LogP contribution >= 0.6 is 7.82 Å². The van der Waals surface area contributed by atoms with E-state index in [9.17, 15) is 19.0 Å². The summed E-state index contributed by atoms with van der Waals surface area (Å²) < 4.78 is 30.8. The van der Waals surface area contributed by atoms with E-state index in [-0.39, 0.29) is 31.5 Å². The van der Waals surface area contributed by atoms with Gasteiger partial charge in [0.05, 0.1) is 33.8 Å². The second-order valence-electron chi connectivity index (χ2n) is 23.6. The second kappa shape index (κ2) is 57.2. The predicted molar refractivity (Wildman–Crippen MR) is 332 cm³/mol. The number of carbonyl (C=O) groups excluding carboxylic acids is 2. The van der Waals surface area contributed by atoms with Crippen LogP contribution < -0.4 is 5.32 Å². The van der Waals surface area contributed by atoms with Crippen molar-refractivity contribution in [2.75, 3.05) is 40.9 Å². The number of hydrogen-bond donors (Lipinski definition) is 2. The molecule has 10 heteroatoms. The van der Waals surface area contributed by atoms with E-state index in [2.05, 4.69) is 62.5 Å². The summed E-state index contributed by atoms with van der Waals surface area (Å²) >= 11 is 0. The van der Waals surface area contributed by atoms with Gasteiger partial charge >= 0.3 is 13.8 Å². The van der Waals surface area contributed by atoms with Crippen molar-refractivity contribution in [2.24, 2.45) is 0 Å². The van der Waals surface area contributed by atoms with E-state index in [0.717, 1.165) is 70.6 Å². The number of phosphoric ester groups is 1. The minimum absolute atomic E-state index is 0.0404. The van der Waals surface area contributed by atoms with Gasteiger partial charge in [-0.2, -0.15) is 0 Å².